The number of thiazole rings is 1. The third kappa shape index (κ3) is 2.23. The Bertz CT molecular complexity index is 309. The van der Waals surface area contributed by atoms with Gasteiger partial charge in [0.2, 0.25) is 0 Å². The maximum atomic E-state index is 10.5. The first-order chi connectivity index (χ1) is 6.77. The lowest BCUT2D eigenvalue weighted by Crippen LogP contribution is -2.28. The molecule has 1 heterocycles. The summed E-state index contributed by atoms with van der Waals surface area (Å²) in [6.45, 7) is 0.577. The molecule has 2 rings (SSSR count). The molecule has 1 aromatic rings. The molecular formula is C9H12N2O2S. The van der Waals surface area contributed by atoms with Gasteiger partial charge in [0.05, 0.1) is 6.42 Å². The van der Waals surface area contributed by atoms with Gasteiger partial charge >= 0.3 is 5.97 Å². The number of anilines is 1. The molecule has 5 heteroatoms. The number of carboxylic acid groups (broad SMARTS) is 1. The van der Waals surface area contributed by atoms with Gasteiger partial charge in [0.25, 0.3) is 0 Å². The summed E-state index contributed by atoms with van der Waals surface area (Å²) in [7, 11) is 0. The molecule has 0 aromatic carbocycles. The zero-order valence-corrected chi connectivity index (χ0v) is 8.54. The first-order valence-electron chi connectivity index (χ1n) is 4.65. The second-order valence-corrected chi connectivity index (χ2v) is 4.26. The fourth-order valence-corrected chi connectivity index (χ4v) is 2.14. The van der Waals surface area contributed by atoms with E-state index in [9.17, 15) is 4.79 Å². The summed E-state index contributed by atoms with van der Waals surface area (Å²) in [6.07, 6.45) is 4.28. The third-order valence-corrected chi connectivity index (χ3v) is 3.03. The predicted octanol–water partition coefficient (Wildman–Crippen LogP) is 1.59. The lowest BCUT2D eigenvalue weighted by atomic mass is 10.4. The van der Waals surface area contributed by atoms with Gasteiger partial charge in [-0.25, -0.2) is 4.98 Å². The van der Waals surface area contributed by atoms with Crippen molar-refractivity contribution in [3.05, 3.63) is 11.6 Å². The van der Waals surface area contributed by atoms with Crippen LogP contribution in [-0.4, -0.2) is 28.6 Å². The molecule has 14 heavy (non-hydrogen) atoms. The Morgan fingerprint density at radius 2 is 2.50 bits per heavy atom. The van der Waals surface area contributed by atoms with Crippen LogP contribution in [0.3, 0.4) is 0 Å². The molecule has 0 amide bonds. The van der Waals surface area contributed by atoms with E-state index in [-0.39, 0.29) is 6.42 Å². The number of hydrogen-bond donors (Lipinski definition) is 1. The number of carbonyl (C=O) groups is 1. The SMILES string of the molecule is O=C(O)CCN(c1nccs1)C1CC1. The predicted molar refractivity (Wildman–Crippen MR) is 54.7 cm³/mol. The summed E-state index contributed by atoms with van der Waals surface area (Å²) in [6, 6.07) is 0.528. The molecule has 0 bridgehead atoms. The van der Waals surface area contributed by atoms with Gasteiger partial charge in [-0.05, 0) is 12.8 Å². The standard InChI is InChI=1S/C9H12N2O2S/c12-8(13)3-5-11(7-1-2-7)9-10-4-6-14-9/h4,6-7H,1-3,5H2,(H,12,13). The van der Waals surface area contributed by atoms with E-state index in [0.29, 0.717) is 12.6 Å². The van der Waals surface area contributed by atoms with Crippen molar-refractivity contribution in [1.82, 2.24) is 4.98 Å². The highest BCUT2D eigenvalue weighted by molar-refractivity contribution is 7.13. The van der Waals surface area contributed by atoms with Crippen molar-refractivity contribution in [3.63, 3.8) is 0 Å². The van der Waals surface area contributed by atoms with Crippen molar-refractivity contribution in [1.29, 1.82) is 0 Å². The van der Waals surface area contributed by atoms with E-state index in [4.69, 9.17) is 5.11 Å². The summed E-state index contributed by atoms with van der Waals surface area (Å²) >= 11 is 1.57. The Balaban J connectivity index is 1.97. The van der Waals surface area contributed by atoms with Crippen molar-refractivity contribution in [2.45, 2.75) is 25.3 Å². The Kier molecular flexibility index (Phi) is 2.67. The molecule has 0 atom stereocenters. The summed E-state index contributed by atoms with van der Waals surface area (Å²) in [5.41, 5.74) is 0. The highest BCUT2D eigenvalue weighted by Gasteiger charge is 2.30. The number of carboxylic acids is 1. The minimum Gasteiger partial charge on any atom is -0.481 e. The molecule has 1 aliphatic carbocycles. The third-order valence-electron chi connectivity index (χ3n) is 2.22. The number of aliphatic carboxylic acids is 1. The number of aromatic nitrogens is 1. The zero-order valence-electron chi connectivity index (χ0n) is 7.72. The van der Waals surface area contributed by atoms with Crippen LogP contribution in [0.15, 0.2) is 11.6 Å². The fraction of sp³-hybridized carbons (Fsp3) is 0.556. The van der Waals surface area contributed by atoms with Crippen LogP contribution in [0.25, 0.3) is 0 Å². The monoisotopic (exact) mass is 212 g/mol. The van der Waals surface area contributed by atoms with Gasteiger partial charge in [-0.2, -0.15) is 0 Å². The Labute approximate surface area is 86.2 Å². The number of rotatable bonds is 5. The average Bonchev–Trinajstić information content (AvgIpc) is 2.81. The van der Waals surface area contributed by atoms with Crippen molar-refractivity contribution < 1.29 is 9.90 Å². The molecule has 76 valence electrons. The number of nitrogens with zero attached hydrogens (tertiary/aromatic N) is 2. The highest BCUT2D eigenvalue weighted by Crippen LogP contribution is 2.32. The average molecular weight is 212 g/mol. The second-order valence-electron chi connectivity index (χ2n) is 3.38. The van der Waals surface area contributed by atoms with E-state index >= 15 is 0 Å². The maximum absolute atomic E-state index is 10.5. The molecule has 1 aromatic heterocycles. The van der Waals surface area contributed by atoms with E-state index in [1.54, 1.807) is 17.5 Å². The molecule has 1 fully saturated rings. The van der Waals surface area contributed by atoms with Gasteiger partial charge in [0, 0.05) is 24.2 Å². The first-order valence-corrected chi connectivity index (χ1v) is 5.53. The zero-order chi connectivity index (χ0) is 9.97. The fourth-order valence-electron chi connectivity index (χ4n) is 1.39. The van der Waals surface area contributed by atoms with Crippen LogP contribution >= 0.6 is 11.3 Å². The van der Waals surface area contributed by atoms with Gasteiger partial charge in [-0.1, -0.05) is 0 Å². The Morgan fingerprint density at radius 1 is 1.71 bits per heavy atom. The van der Waals surface area contributed by atoms with Gasteiger partial charge in [-0.3, -0.25) is 4.79 Å². The Hall–Kier alpha value is -1.10. The highest BCUT2D eigenvalue weighted by atomic mass is 32.1. The van der Waals surface area contributed by atoms with Crippen molar-refractivity contribution in [2.24, 2.45) is 0 Å². The van der Waals surface area contributed by atoms with Gasteiger partial charge in [-0.15, -0.1) is 11.3 Å². The molecule has 0 radical (unpaired) electrons. The molecule has 4 nitrogen and oxygen atoms in total. The normalized spacial score (nSPS) is 15.4. The minimum atomic E-state index is -0.743. The molecule has 1 aliphatic rings. The van der Waals surface area contributed by atoms with Crippen molar-refractivity contribution >= 4 is 22.4 Å². The molecule has 0 aliphatic heterocycles. The van der Waals surface area contributed by atoms with Crippen molar-refractivity contribution in [3.8, 4) is 0 Å². The largest absolute Gasteiger partial charge is 0.481 e. The summed E-state index contributed by atoms with van der Waals surface area (Å²) in [5, 5.41) is 11.5. The Morgan fingerprint density at radius 3 is 3.00 bits per heavy atom. The molecule has 0 unspecified atom stereocenters. The van der Waals surface area contributed by atoms with Crippen LogP contribution in [0, 0.1) is 0 Å². The molecule has 1 N–H and O–H groups in total. The van der Waals surface area contributed by atoms with E-state index in [1.807, 2.05) is 5.38 Å². The lowest BCUT2D eigenvalue weighted by Gasteiger charge is -2.19. The quantitative estimate of drug-likeness (QED) is 0.805. The van der Waals surface area contributed by atoms with Crippen molar-refractivity contribution in [2.75, 3.05) is 11.4 Å². The summed E-state index contributed by atoms with van der Waals surface area (Å²) in [5.74, 6) is -0.743. The second kappa shape index (κ2) is 3.96. The van der Waals surface area contributed by atoms with Crippen LogP contribution in [0.5, 0.6) is 0 Å². The van der Waals surface area contributed by atoms with Crippen LogP contribution in [0.4, 0.5) is 5.13 Å². The lowest BCUT2D eigenvalue weighted by molar-refractivity contribution is -0.136. The molecule has 1 saturated carbocycles. The van der Waals surface area contributed by atoms with Crippen LogP contribution < -0.4 is 4.90 Å². The van der Waals surface area contributed by atoms with E-state index in [0.717, 1.165) is 5.13 Å². The molecule has 0 saturated heterocycles. The van der Waals surface area contributed by atoms with E-state index < -0.39 is 5.97 Å². The van der Waals surface area contributed by atoms with Crippen LogP contribution in [0.2, 0.25) is 0 Å². The van der Waals surface area contributed by atoms with Gasteiger partial charge in [0.15, 0.2) is 5.13 Å². The summed E-state index contributed by atoms with van der Waals surface area (Å²) in [4.78, 5) is 16.8. The van der Waals surface area contributed by atoms with Gasteiger partial charge < -0.3 is 10.0 Å². The maximum Gasteiger partial charge on any atom is 0.305 e. The van der Waals surface area contributed by atoms with Crippen LogP contribution in [-0.2, 0) is 4.79 Å². The summed E-state index contributed by atoms with van der Waals surface area (Å²) < 4.78 is 0. The van der Waals surface area contributed by atoms with Crippen LogP contribution in [0.1, 0.15) is 19.3 Å². The molecular weight excluding hydrogens is 200 g/mol. The topological polar surface area (TPSA) is 53.4 Å². The number of hydrogen-bond acceptors (Lipinski definition) is 4. The first kappa shape index (κ1) is 9.45. The molecule has 0 spiro atoms. The smallest absolute Gasteiger partial charge is 0.305 e. The van der Waals surface area contributed by atoms with Gasteiger partial charge in [0.1, 0.15) is 0 Å². The minimum absolute atomic E-state index is 0.191. The van der Waals surface area contributed by atoms with E-state index in [2.05, 4.69) is 9.88 Å². The van der Waals surface area contributed by atoms with E-state index in [1.165, 1.54) is 12.8 Å².